The van der Waals surface area contributed by atoms with Gasteiger partial charge in [-0.2, -0.15) is 18.3 Å². The summed E-state index contributed by atoms with van der Waals surface area (Å²) in [5.74, 6) is 0.527. The SMILES string of the molecule is COc1cccc(-c2c(-c3ccc(OCC4=CC=C(Cl)CC4)cc3O)n[nH]c2C(F)(F)F)c1. The van der Waals surface area contributed by atoms with Crippen molar-refractivity contribution in [2.45, 2.75) is 19.0 Å². The number of aromatic nitrogens is 2. The van der Waals surface area contributed by atoms with Crippen LogP contribution in [-0.2, 0) is 6.18 Å². The Bertz CT molecular complexity index is 1230. The molecule has 172 valence electrons. The summed E-state index contributed by atoms with van der Waals surface area (Å²) in [7, 11) is 1.43. The standard InChI is InChI=1S/C24H20ClF3N2O3/c1-32-17-4-2-3-15(11-17)21-22(29-30-23(21)24(26,27)28)19-10-9-18(12-20(19)31)33-13-14-5-7-16(25)8-6-14/h2-5,7,9-12,31H,6,8,13H2,1H3,(H,29,30). The highest BCUT2D eigenvalue weighted by atomic mass is 35.5. The predicted octanol–water partition coefficient (Wildman–Crippen LogP) is 6.70. The number of hydrogen-bond acceptors (Lipinski definition) is 4. The number of nitrogens with zero attached hydrogens (tertiary/aromatic N) is 1. The Morgan fingerprint density at radius 3 is 2.58 bits per heavy atom. The molecule has 4 rings (SSSR count). The van der Waals surface area contributed by atoms with Gasteiger partial charge in [0, 0.05) is 22.2 Å². The third-order valence-corrected chi connectivity index (χ3v) is 5.56. The third kappa shape index (κ3) is 5.01. The van der Waals surface area contributed by atoms with Gasteiger partial charge >= 0.3 is 6.18 Å². The molecule has 5 nitrogen and oxygen atoms in total. The highest BCUT2D eigenvalue weighted by molar-refractivity contribution is 6.29. The molecule has 0 atom stereocenters. The van der Waals surface area contributed by atoms with E-state index in [9.17, 15) is 18.3 Å². The van der Waals surface area contributed by atoms with Gasteiger partial charge in [-0.15, -0.1) is 0 Å². The minimum Gasteiger partial charge on any atom is -0.507 e. The second-order valence-corrected chi connectivity index (χ2v) is 7.94. The van der Waals surface area contributed by atoms with Gasteiger partial charge in [-0.05, 0) is 54.3 Å². The topological polar surface area (TPSA) is 67.4 Å². The van der Waals surface area contributed by atoms with E-state index in [0.717, 1.165) is 23.4 Å². The summed E-state index contributed by atoms with van der Waals surface area (Å²) < 4.78 is 52.0. The molecule has 3 aromatic rings. The van der Waals surface area contributed by atoms with E-state index in [-0.39, 0.29) is 28.1 Å². The number of H-pyrrole nitrogens is 1. The molecule has 0 radical (unpaired) electrons. The first kappa shape index (κ1) is 22.8. The summed E-state index contributed by atoms with van der Waals surface area (Å²) in [5, 5.41) is 17.4. The average Bonchev–Trinajstić information content (AvgIpc) is 3.24. The molecule has 0 unspecified atom stereocenters. The van der Waals surface area contributed by atoms with E-state index in [1.165, 1.54) is 31.4 Å². The van der Waals surface area contributed by atoms with Crippen LogP contribution in [0.2, 0.25) is 0 Å². The highest BCUT2D eigenvalue weighted by Gasteiger charge is 2.38. The van der Waals surface area contributed by atoms with Gasteiger partial charge in [0.15, 0.2) is 0 Å². The molecule has 0 spiro atoms. The van der Waals surface area contributed by atoms with Crippen LogP contribution in [0.1, 0.15) is 18.5 Å². The Labute approximate surface area is 193 Å². The largest absolute Gasteiger partial charge is 0.507 e. The molecule has 1 aliphatic rings. The lowest BCUT2D eigenvalue weighted by atomic mass is 9.98. The summed E-state index contributed by atoms with van der Waals surface area (Å²) in [6.07, 6.45) is 0.557. The van der Waals surface area contributed by atoms with Crippen molar-refractivity contribution in [1.29, 1.82) is 0 Å². The van der Waals surface area contributed by atoms with E-state index in [2.05, 4.69) is 10.2 Å². The molecule has 33 heavy (non-hydrogen) atoms. The van der Waals surface area contributed by atoms with Crippen LogP contribution in [0.4, 0.5) is 13.2 Å². The molecule has 0 amide bonds. The van der Waals surface area contributed by atoms with Gasteiger partial charge in [0.05, 0.1) is 7.11 Å². The molecule has 1 aliphatic carbocycles. The van der Waals surface area contributed by atoms with Crippen LogP contribution in [0.5, 0.6) is 17.2 Å². The predicted molar refractivity (Wildman–Crippen MR) is 119 cm³/mol. The Kier molecular flexibility index (Phi) is 6.37. The van der Waals surface area contributed by atoms with E-state index in [1.54, 1.807) is 18.2 Å². The summed E-state index contributed by atoms with van der Waals surface area (Å²) in [6.45, 7) is 0.315. The quantitative estimate of drug-likeness (QED) is 0.415. The van der Waals surface area contributed by atoms with Crippen molar-refractivity contribution in [3.63, 3.8) is 0 Å². The van der Waals surface area contributed by atoms with Crippen LogP contribution < -0.4 is 9.47 Å². The fourth-order valence-electron chi connectivity index (χ4n) is 3.55. The molecular formula is C24H20ClF3N2O3. The van der Waals surface area contributed by atoms with Crippen molar-refractivity contribution in [1.82, 2.24) is 10.2 Å². The number of aromatic amines is 1. The lowest BCUT2D eigenvalue weighted by Crippen LogP contribution is -2.07. The fourth-order valence-corrected chi connectivity index (χ4v) is 3.71. The molecule has 0 bridgehead atoms. The molecule has 1 heterocycles. The zero-order valence-corrected chi connectivity index (χ0v) is 18.3. The van der Waals surface area contributed by atoms with Gasteiger partial charge in [0.25, 0.3) is 0 Å². The molecule has 2 aromatic carbocycles. The summed E-state index contributed by atoms with van der Waals surface area (Å²) >= 11 is 5.96. The molecule has 9 heteroatoms. The van der Waals surface area contributed by atoms with Crippen LogP contribution in [0, 0.1) is 0 Å². The van der Waals surface area contributed by atoms with E-state index in [1.807, 2.05) is 12.2 Å². The van der Waals surface area contributed by atoms with Crippen molar-refractivity contribution >= 4 is 11.6 Å². The number of alkyl halides is 3. The normalized spacial score (nSPS) is 14.0. The first-order valence-electron chi connectivity index (χ1n) is 10.1. The molecule has 1 aromatic heterocycles. The number of allylic oxidation sites excluding steroid dienone is 3. The number of benzene rings is 2. The van der Waals surface area contributed by atoms with Crippen molar-refractivity contribution in [3.8, 4) is 39.6 Å². The molecule has 0 saturated carbocycles. The number of aromatic hydroxyl groups is 1. The number of rotatable bonds is 6. The number of hydrogen-bond donors (Lipinski definition) is 2. The Balaban J connectivity index is 1.68. The first-order chi connectivity index (χ1) is 15.8. The van der Waals surface area contributed by atoms with Crippen LogP contribution in [-0.4, -0.2) is 29.0 Å². The molecule has 0 saturated heterocycles. The van der Waals surface area contributed by atoms with Gasteiger partial charge in [-0.25, -0.2) is 0 Å². The summed E-state index contributed by atoms with van der Waals surface area (Å²) in [6, 6.07) is 10.7. The van der Waals surface area contributed by atoms with Gasteiger partial charge in [0.1, 0.15) is 35.2 Å². The second-order valence-electron chi connectivity index (χ2n) is 7.46. The maximum Gasteiger partial charge on any atom is 0.433 e. The van der Waals surface area contributed by atoms with Crippen molar-refractivity contribution in [3.05, 3.63) is 70.9 Å². The van der Waals surface area contributed by atoms with Crippen LogP contribution >= 0.6 is 11.6 Å². The molecule has 0 fully saturated rings. The fraction of sp³-hybridized carbons (Fsp3) is 0.208. The Morgan fingerprint density at radius 2 is 1.91 bits per heavy atom. The number of nitrogens with one attached hydrogen (secondary N) is 1. The minimum atomic E-state index is -4.67. The number of ether oxygens (including phenoxy) is 2. The molecule has 0 aliphatic heterocycles. The highest BCUT2D eigenvalue weighted by Crippen LogP contribution is 2.44. The summed E-state index contributed by atoms with van der Waals surface area (Å²) in [5.41, 5.74) is 0.210. The lowest BCUT2D eigenvalue weighted by molar-refractivity contribution is -0.140. The van der Waals surface area contributed by atoms with Crippen molar-refractivity contribution in [2.75, 3.05) is 13.7 Å². The number of phenolic OH excluding ortho intramolecular Hbond substituents is 1. The van der Waals surface area contributed by atoms with E-state index >= 15 is 0 Å². The van der Waals surface area contributed by atoms with Gasteiger partial charge < -0.3 is 14.6 Å². The number of halogens is 4. The van der Waals surface area contributed by atoms with Crippen LogP contribution in [0.25, 0.3) is 22.4 Å². The van der Waals surface area contributed by atoms with Gasteiger partial charge in [0.2, 0.25) is 0 Å². The average molecular weight is 477 g/mol. The zero-order chi connectivity index (χ0) is 23.6. The van der Waals surface area contributed by atoms with Gasteiger partial charge in [-0.1, -0.05) is 29.8 Å². The smallest absolute Gasteiger partial charge is 0.433 e. The minimum absolute atomic E-state index is 0.0330. The van der Waals surface area contributed by atoms with Crippen molar-refractivity contribution < 1.29 is 27.8 Å². The summed E-state index contributed by atoms with van der Waals surface area (Å²) in [4.78, 5) is 0. The lowest BCUT2D eigenvalue weighted by Gasteiger charge is -2.14. The second kappa shape index (κ2) is 9.23. The van der Waals surface area contributed by atoms with Crippen LogP contribution in [0.3, 0.4) is 0 Å². The van der Waals surface area contributed by atoms with Gasteiger partial charge in [-0.3, -0.25) is 5.10 Å². The Morgan fingerprint density at radius 1 is 1.09 bits per heavy atom. The van der Waals surface area contributed by atoms with Crippen molar-refractivity contribution in [2.24, 2.45) is 0 Å². The first-order valence-corrected chi connectivity index (χ1v) is 10.4. The van der Waals surface area contributed by atoms with Crippen LogP contribution in [0.15, 0.2) is 65.2 Å². The maximum absolute atomic E-state index is 13.7. The maximum atomic E-state index is 13.7. The Hall–Kier alpha value is -3.39. The molecular weight excluding hydrogens is 457 g/mol. The molecule has 2 N–H and O–H groups in total. The number of phenols is 1. The van der Waals surface area contributed by atoms with E-state index in [4.69, 9.17) is 21.1 Å². The monoisotopic (exact) mass is 476 g/mol. The third-order valence-electron chi connectivity index (χ3n) is 5.24. The number of methoxy groups -OCH3 is 1. The van der Waals surface area contributed by atoms with E-state index < -0.39 is 11.9 Å². The zero-order valence-electron chi connectivity index (χ0n) is 17.5. The van der Waals surface area contributed by atoms with E-state index in [0.29, 0.717) is 18.1 Å².